The van der Waals surface area contributed by atoms with E-state index in [1.165, 1.54) is 19.3 Å². The van der Waals surface area contributed by atoms with Crippen LogP contribution in [0.4, 0.5) is 0 Å². The van der Waals surface area contributed by atoms with Crippen molar-refractivity contribution in [1.29, 1.82) is 0 Å². The largest absolute Gasteiger partial charge is 0.356 e. The molecule has 2 unspecified atom stereocenters. The molecule has 134 valence electrons. The van der Waals surface area contributed by atoms with Gasteiger partial charge >= 0.3 is 0 Å². The molecule has 0 radical (unpaired) electrons. The van der Waals surface area contributed by atoms with Gasteiger partial charge in [0.25, 0.3) is 0 Å². The number of thioether (sulfide) groups is 1. The van der Waals surface area contributed by atoms with E-state index in [-0.39, 0.29) is 4.90 Å². The molecule has 24 heavy (non-hydrogen) atoms. The zero-order chi connectivity index (χ0) is 17.6. The Kier molecular flexibility index (Phi) is 6.94. The molecule has 1 saturated carbocycles. The van der Waals surface area contributed by atoms with Crippen molar-refractivity contribution < 1.29 is 8.42 Å². The van der Waals surface area contributed by atoms with Gasteiger partial charge in [-0.3, -0.25) is 4.99 Å². The van der Waals surface area contributed by atoms with Crippen LogP contribution >= 0.6 is 11.8 Å². The van der Waals surface area contributed by atoms with Gasteiger partial charge in [-0.05, 0) is 49.6 Å². The lowest BCUT2D eigenvalue weighted by atomic mass is 10.1. The third kappa shape index (κ3) is 5.68. The van der Waals surface area contributed by atoms with Gasteiger partial charge in [-0.2, -0.15) is 11.8 Å². The van der Waals surface area contributed by atoms with Crippen LogP contribution in [0.1, 0.15) is 24.8 Å². The molecule has 1 aromatic carbocycles. The van der Waals surface area contributed by atoms with Gasteiger partial charge in [-0.15, -0.1) is 0 Å². The number of benzene rings is 1. The molecule has 0 amide bonds. The number of nitrogens with one attached hydrogen (secondary N) is 2. The zero-order valence-corrected chi connectivity index (χ0v) is 15.8. The Morgan fingerprint density at radius 2 is 2.04 bits per heavy atom. The third-order valence-corrected chi connectivity index (χ3v) is 6.26. The summed E-state index contributed by atoms with van der Waals surface area (Å²) in [5.41, 5.74) is 1.05. The van der Waals surface area contributed by atoms with E-state index in [1.807, 2.05) is 11.8 Å². The minimum Gasteiger partial charge on any atom is -0.356 e. The fraction of sp³-hybridized carbons (Fsp3) is 0.562. The summed E-state index contributed by atoms with van der Waals surface area (Å²) in [5.74, 6) is 0.822. The molecule has 0 saturated heterocycles. The molecule has 2 rings (SSSR count). The van der Waals surface area contributed by atoms with Crippen molar-refractivity contribution in [2.45, 2.75) is 41.9 Å². The number of nitrogens with two attached hydrogens (primary N) is 1. The van der Waals surface area contributed by atoms with Gasteiger partial charge in [0.1, 0.15) is 0 Å². The van der Waals surface area contributed by atoms with Crippen LogP contribution in [0.2, 0.25) is 0 Å². The first-order chi connectivity index (χ1) is 11.4. The smallest absolute Gasteiger partial charge is 0.238 e. The van der Waals surface area contributed by atoms with Gasteiger partial charge in [0.05, 0.1) is 4.90 Å². The van der Waals surface area contributed by atoms with E-state index in [4.69, 9.17) is 5.14 Å². The molecule has 4 N–H and O–H groups in total. The SMILES string of the molecule is CN=C(NCCc1ccc(S(N)(=O)=O)cc1)NC1CCC(SC)C1. The Morgan fingerprint density at radius 3 is 2.58 bits per heavy atom. The minimum absolute atomic E-state index is 0.140. The highest BCUT2D eigenvalue weighted by Gasteiger charge is 2.24. The Hall–Kier alpha value is -1.25. The Morgan fingerprint density at radius 1 is 1.33 bits per heavy atom. The summed E-state index contributed by atoms with van der Waals surface area (Å²) in [6, 6.07) is 7.15. The molecule has 2 atom stereocenters. The Balaban J connectivity index is 1.78. The molecule has 1 fully saturated rings. The number of hydrogen-bond donors (Lipinski definition) is 3. The number of primary sulfonamides is 1. The van der Waals surface area contributed by atoms with E-state index in [9.17, 15) is 8.42 Å². The average Bonchev–Trinajstić information content (AvgIpc) is 3.01. The monoisotopic (exact) mass is 370 g/mol. The normalized spacial score (nSPS) is 21.7. The van der Waals surface area contributed by atoms with Gasteiger partial charge in [0.2, 0.25) is 10.0 Å². The van der Waals surface area contributed by atoms with E-state index in [0.717, 1.165) is 29.7 Å². The number of nitrogens with zero attached hydrogens (tertiary/aromatic N) is 1. The summed E-state index contributed by atoms with van der Waals surface area (Å²) in [6.45, 7) is 0.729. The first-order valence-corrected chi connectivity index (χ1v) is 10.9. The van der Waals surface area contributed by atoms with Crippen LogP contribution in [0, 0.1) is 0 Å². The van der Waals surface area contributed by atoms with Gasteiger partial charge in [0, 0.05) is 24.9 Å². The second kappa shape index (κ2) is 8.73. The molecule has 1 aliphatic rings. The number of hydrogen-bond acceptors (Lipinski definition) is 4. The molecule has 0 heterocycles. The maximum Gasteiger partial charge on any atom is 0.238 e. The maximum atomic E-state index is 11.2. The summed E-state index contributed by atoms with van der Waals surface area (Å²) >= 11 is 1.94. The van der Waals surface area contributed by atoms with Crippen LogP contribution < -0.4 is 15.8 Å². The Bertz CT molecular complexity index is 659. The molecule has 6 nitrogen and oxygen atoms in total. The number of rotatable bonds is 6. The first kappa shape index (κ1) is 19.1. The molecule has 0 spiro atoms. The van der Waals surface area contributed by atoms with Crippen molar-refractivity contribution in [2.75, 3.05) is 19.8 Å². The van der Waals surface area contributed by atoms with Crippen molar-refractivity contribution in [2.24, 2.45) is 10.1 Å². The average molecular weight is 371 g/mol. The van der Waals surface area contributed by atoms with Crippen LogP contribution in [-0.2, 0) is 16.4 Å². The van der Waals surface area contributed by atoms with Crippen molar-refractivity contribution >= 4 is 27.7 Å². The lowest BCUT2D eigenvalue weighted by molar-refractivity contribution is 0.598. The van der Waals surface area contributed by atoms with E-state index in [0.29, 0.717) is 6.04 Å². The Labute approximate surface area is 148 Å². The fourth-order valence-electron chi connectivity index (χ4n) is 2.84. The van der Waals surface area contributed by atoms with Crippen LogP contribution in [0.3, 0.4) is 0 Å². The lowest BCUT2D eigenvalue weighted by Crippen LogP contribution is -2.43. The van der Waals surface area contributed by atoms with Crippen molar-refractivity contribution in [1.82, 2.24) is 10.6 Å². The highest BCUT2D eigenvalue weighted by molar-refractivity contribution is 7.99. The first-order valence-electron chi connectivity index (χ1n) is 8.04. The van der Waals surface area contributed by atoms with Crippen LogP contribution in [0.25, 0.3) is 0 Å². The second-order valence-electron chi connectivity index (χ2n) is 5.95. The lowest BCUT2D eigenvalue weighted by Gasteiger charge is -2.17. The summed E-state index contributed by atoms with van der Waals surface area (Å²) in [6.07, 6.45) is 6.56. The molecule has 0 aromatic heterocycles. The highest BCUT2D eigenvalue weighted by atomic mass is 32.2. The quantitative estimate of drug-likeness (QED) is 0.518. The van der Waals surface area contributed by atoms with Crippen molar-refractivity contribution in [3.05, 3.63) is 29.8 Å². The molecular formula is C16H26N4O2S2. The predicted molar refractivity (Wildman–Crippen MR) is 101 cm³/mol. The van der Waals surface area contributed by atoms with Crippen LogP contribution in [0.15, 0.2) is 34.2 Å². The van der Waals surface area contributed by atoms with Crippen LogP contribution in [-0.4, -0.2) is 45.5 Å². The van der Waals surface area contributed by atoms with Gasteiger partial charge in [-0.1, -0.05) is 12.1 Å². The van der Waals surface area contributed by atoms with Gasteiger partial charge < -0.3 is 10.6 Å². The fourth-order valence-corrected chi connectivity index (χ4v) is 4.16. The van der Waals surface area contributed by atoms with Crippen molar-refractivity contribution in [3.63, 3.8) is 0 Å². The molecule has 0 bridgehead atoms. The number of sulfonamides is 1. The summed E-state index contributed by atoms with van der Waals surface area (Å²) in [5, 5.41) is 12.6. The molecule has 1 aliphatic carbocycles. The van der Waals surface area contributed by atoms with Gasteiger partial charge in [0.15, 0.2) is 5.96 Å². The highest BCUT2D eigenvalue weighted by Crippen LogP contribution is 2.27. The summed E-state index contributed by atoms with van der Waals surface area (Å²) in [7, 11) is -1.85. The molecule has 1 aromatic rings. The maximum absolute atomic E-state index is 11.2. The predicted octanol–water partition coefficient (Wildman–Crippen LogP) is 1.33. The van der Waals surface area contributed by atoms with Crippen LogP contribution in [0.5, 0.6) is 0 Å². The van der Waals surface area contributed by atoms with E-state index >= 15 is 0 Å². The summed E-state index contributed by atoms with van der Waals surface area (Å²) < 4.78 is 22.5. The van der Waals surface area contributed by atoms with E-state index < -0.39 is 10.0 Å². The third-order valence-electron chi connectivity index (χ3n) is 4.24. The standard InChI is InChI=1S/C16H26N4O2S2/c1-18-16(20-13-5-6-14(11-13)23-2)19-10-9-12-3-7-15(8-4-12)24(17,21)22/h3-4,7-8,13-14H,5-6,9-11H2,1-2H3,(H2,17,21,22)(H2,18,19,20). The molecule has 0 aliphatic heterocycles. The minimum atomic E-state index is -3.62. The van der Waals surface area contributed by atoms with E-state index in [1.54, 1.807) is 31.3 Å². The zero-order valence-electron chi connectivity index (χ0n) is 14.2. The number of aliphatic imine (C=N–C) groups is 1. The second-order valence-corrected chi connectivity index (χ2v) is 8.65. The molecule has 8 heteroatoms. The summed E-state index contributed by atoms with van der Waals surface area (Å²) in [4.78, 5) is 4.41. The van der Waals surface area contributed by atoms with Crippen molar-refractivity contribution in [3.8, 4) is 0 Å². The van der Waals surface area contributed by atoms with E-state index in [2.05, 4.69) is 21.9 Å². The van der Waals surface area contributed by atoms with Gasteiger partial charge in [-0.25, -0.2) is 13.6 Å². The topological polar surface area (TPSA) is 96.6 Å². The molecular weight excluding hydrogens is 344 g/mol. The number of guanidine groups is 1.